The summed E-state index contributed by atoms with van der Waals surface area (Å²) in [5, 5.41) is 8.97. The molecule has 2 aromatic rings. The number of nitrogens with zero attached hydrogens (tertiary/aromatic N) is 1. The second-order valence-electron chi connectivity index (χ2n) is 6.53. The first-order valence-electron chi connectivity index (χ1n) is 9.30. The van der Waals surface area contributed by atoms with Crippen LogP contribution in [0.5, 0.6) is 11.5 Å². The van der Waals surface area contributed by atoms with Gasteiger partial charge in [-0.05, 0) is 41.5 Å². The normalized spacial score (nSPS) is 14.9. The molecule has 1 saturated heterocycles. The molecule has 1 amide bonds. The SMILES string of the molecule is COCCN1C(=O)C(=Cc2ccc(OCc3ccc(C(=O)O)cc3)c(OC)c2)SC1=S. The Hall–Kier alpha value is -2.88. The summed E-state index contributed by atoms with van der Waals surface area (Å²) in [7, 11) is 3.12. The van der Waals surface area contributed by atoms with E-state index < -0.39 is 5.97 Å². The standard InChI is InChI=1S/C22H21NO6S2/c1-27-10-9-23-20(24)19(31-22(23)30)12-15-5-8-17(18(11-15)28-2)29-13-14-3-6-16(7-4-14)21(25)26/h3-8,11-12H,9-10,13H2,1-2H3,(H,25,26). The monoisotopic (exact) mass is 459 g/mol. The Balaban J connectivity index is 1.71. The van der Waals surface area contributed by atoms with Gasteiger partial charge in [0.05, 0.1) is 30.7 Å². The maximum atomic E-state index is 12.6. The highest BCUT2D eigenvalue weighted by Gasteiger charge is 2.31. The number of carbonyl (C=O) groups excluding carboxylic acids is 1. The number of carboxylic acid groups (broad SMARTS) is 1. The summed E-state index contributed by atoms with van der Waals surface area (Å²) in [5.74, 6) is -0.0585. The van der Waals surface area contributed by atoms with Crippen molar-refractivity contribution >= 4 is 46.3 Å². The van der Waals surface area contributed by atoms with E-state index in [1.165, 1.54) is 35.9 Å². The van der Waals surface area contributed by atoms with Crippen LogP contribution in [0.3, 0.4) is 0 Å². The zero-order valence-electron chi connectivity index (χ0n) is 17.0. The average molecular weight is 460 g/mol. The highest BCUT2D eigenvalue weighted by molar-refractivity contribution is 8.26. The van der Waals surface area contributed by atoms with E-state index in [1.54, 1.807) is 37.5 Å². The number of hydrogen-bond donors (Lipinski definition) is 1. The van der Waals surface area contributed by atoms with E-state index in [9.17, 15) is 9.59 Å². The van der Waals surface area contributed by atoms with Gasteiger partial charge in [-0.3, -0.25) is 9.69 Å². The van der Waals surface area contributed by atoms with Crippen molar-refractivity contribution in [2.45, 2.75) is 6.61 Å². The smallest absolute Gasteiger partial charge is 0.335 e. The molecule has 2 aromatic carbocycles. The molecule has 1 aliphatic rings. The number of thioether (sulfide) groups is 1. The number of aromatic carboxylic acids is 1. The van der Waals surface area contributed by atoms with Crippen LogP contribution in [-0.4, -0.2) is 53.6 Å². The number of carboxylic acids is 1. The van der Waals surface area contributed by atoms with Gasteiger partial charge < -0.3 is 19.3 Å². The molecule has 162 valence electrons. The van der Waals surface area contributed by atoms with E-state index in [4.69, 9.17) is 31.5 Å². The predicted octanol–water partition coefficient (Wildman–Crippen LogP) is 3.82. The second kappa shape index (κ2) is 10.4. The van der Waals surface area contributed by atoms with Crippen molar-refractivity contribution in [1.82, 2.24) is 4.90 Å². The van der Waals surface area contributed by atoms with Gasteiger partial charge in [0, 0.05) is 7.11 Å². The van der Waals surface area contributed by atoms with Crippen LogP contribution in [0.15, 0.2) is 47.4 Å². The van der Waals surface area contributed by atoms with Crippen molar-refractivity contribution in [3.63, 3.8) is 0 Å². The topological polar surface area (TPSA) is 85.3 Å². The number of thiocarbonyl (C=S) groups is 1. The molecule has 1 heterocycles. The minimum Gasteiger partial charge on any atom is -0.493 e. The van der Waals surface area contributed by atoms with Crippen LogP contribution in [0.25, 0.3) is 6.08 Å². The summed E-state index contributed by atoms with van der Waals surface area (Å²) in [5.41, 5.74) is 1.83. The zero-order chi connectivity index (χ0) is 22.4. The van der Waals surface area contributed by atoms with Crippen LogP contribution in [0.2, 0.25) is 0 Å². The molecular formula is C22H21NO6S2. The second-order valence-corrected chi connectivity index (χ2v) is 8.20. The molecule has 31 heavy (non-hydrogen) atoms. The lowest BCUT2D eigenvalue weighted by Crippen LogP contribution is -2.31. The molecule has 0 spiro atoms. The van der Waals surface area contributed by atoms with Crippen LogP contribution in [0.4, 0.5) is 0 Å². The molecule has 0 radical (unpaired) electrons. The molecule has 0 atom stereocenters. The molecule has 1 fully saturated rings. The van der Waals surface area contributed by atoms with E-state index in [1.807, 2.05) is 6.07 Å². The summed E-state index contributed by atoms with van der Waals surface area (Å²) in [4.78, 5) is 25.6. The van der Waals surface area contributed by atoms with Crippen molar-refractivity contribution in [2.75, 3.05) is 27.4 Å². The number of amides is 1. The van der Waals surface area contributed by atoms with Crippen LogP contribution >= 0.6 is 24.0 Å². The van der Waals surface area contributed by atoms with E-state index >= 15 is 0 Å². The van der Waals surface area contributed by atoms with Crippen molar-refractivity contribution in [3.8, 4) is 11.5 Å². The zero-order valence-corrected chi connectivity index (χ0v) is 18.6. The summed E-state index contributed by atoms with van der Waals surface area (Å²) in [6, 6.07) is 11.8. The maximum Gasteiger partial charge on any atom is 0.335 e. The molecule has 9 heteroatoms. The fourth-order valence-electron chi connectivity index (χ4n) is 2.82. The van der Waals surface area contributed by atoms with Gasteiger partial charge in [-0.25, -0.2) is 4.79 Å². The first kappa shape index (κ1) is 22.8. The van der Waals surface area contributed by atoms with Crippen LogP contribution in [-0.2, 0) is 16.1 Å². The third-order valence-corrected chi connectivity index (χ3v) is 5.85. The lowest BCUT2D eigenvalue weighted by atomic mass is 10.1. The third-order valence-electron chi connectivity index (χ3n) is 4.47. The van der Waals surface area contributed by atoms with Crippen molar-refractivity contribution in [1.29, 1.82) is 0 Å². The van der Waals surface area contributed by atoms with Gasteiger partial charge >= 0.3 is 5.97 Å². The molecule has 3 rings (SSSR count). The number of methoxy groups -OCH3 is 2. The molecule has 1 N–H and O–H groups in total. The van der Waals surface area contributed by atoms with Gasteiger partial charge in [0.15, 0.2) is 11.5 Å². The van der Waals surface area contributed by atoms with Crippen molar-refractivity contribution in [2.24, 2.45) is 0 Å². The van der Waals surface area contributed by atoms with E-state index in [0.29, 0.717) is 33.9 Å². The Morgan fingerprint density at radius 3 is 2.55 bits per heavy atom. The highest BCUT2D eigenvalue weighted by Crippen LogP contribution is 2.34. The number of benzene rings is 2. The fraction of sp³-hybridized carbons (Fsp3) is 0.227. The Morgan fingerprint density at radius 2 is 1.90 bits per heavy atom. The minimum absolute atomic E-state index is 0.142. The van der Waals surface area contributed by atoms with Gasteiger partial charge in [-0.1, -0.05) is 42.2 Å². The van der Waals surface area contributed by atoms with Crippen molar-refractivity contribution < 1.29 is 28.9 Å². The van der Waals surface area contributed by atoms with Gasteiger partial charge in [0.1, 0.15) is 10.9 Å². The van der Waals surface area contributed by atoms with Gasteiger partial charge in [0.25, 0.3) is 5.91 Å². The highest BCUT2D eigenvalue weighted by atomic mass is 32.2. The van der Waals surface area contributed by atoms with Crippen LogP contribution in [0.1, 0.15) is 21.5 Å². The van der Waals surface area contributed by atoms with Gasteiger partial charge in [-0.15, -0.1) is 0 Å². The Morgan fingerprint density at radius 1 is 1.16 bits per heavy atom. The van der Waals surface area contributed by atoms with E-state index in [2.05, 4.69) is 0 Å². The molecular weight excluding hydrogens is 438 g/mol. The third kappa shape index (κ3) is 5.63. The van der Waals surface area contributed by atoms with E-state index in [-0.39, 0.29) is 18.1 Å². The number of carbonyl (C=O) groups is 2. The molecule has 0 bridgehead atoms. The minimum atomic E-state index is -0.972. The molecule has 7 nitrogen and oxygen atoms in total. The molecule has 0 saturated carbocycles. The summed E-state index contributed by atoms with van der Waals surface area (Å²) >= 11 is 6.55. The lowest BCUT2D eigenvalue weighted by molar-refractivity contribution is -0.122. The van der Waals surface area contributed by atoms with Gasteiger partial charge in [-0.2, -0.15) is 0 Å². The fourth-order valence-corrected chi connectivity index (χ4v) is 4.13. The largest absolute Gasteiger partial charge is 0.493 e. The molecule has 0 aliphatic carbocycles. The van der Waals surface area contributed by atoms with Crippen LogP contribution < -0.4 is 9.47 Å². The molecule has 0 unspecified atom stereocenters. The molecule has 0 aromatic heterocycles. The first-order valence-corrected chi connectivity index (χ1v) is 10.5. The van der Waals surface area contributed by atoms with Gasteiger partial charge in [0.2, 0.25) is 0 Å². The Labute approximate surface area is 189 Å². The van der Waals surface area contributed by atoms with E-state index in [0.717, 1.165) is 11.1 Å². The lowest BCUT2D eigenvalue weighted by Gasteiger charge is -2.13. The maximum absolute atomic E-state index is 12.6. The number of rotatable bonds is 9. The molecule has 1 aliphatic heterocycles. The summed E-state index contributed by atoms with van der Waals surface area (Å²) in [6.07, 6.45) is 1.77. The quantitative estimate of drug-likeness (QED) is 0.448. The summed E-state index contributed by atoms with van der Waals surface area (Å²) in [6.45, 7) is 1.09. The Bertz CT molecular complexity index is 1020. The Kier molecular flexibility index (Phi) is 7.67. The number of hydrogen-bond acceptors (Lipinski definition) is 7. The number of ether oxygens (including phenoxy) is 3. The van der Waals surface area contributed by atoms with Crippen molar-refractivity contribution in [3.05, 3.63) is 64.1 Å². The average Bonchev–Trinajstić information content (AvgIpc) is 3.03. The first-order chi connectivity index (χ1) is 14.9. The van der Waals surface area contributed by atoms with Crippen LogP contribution in [0, 0.1) is 0 Å². The predicted molar refractivity (Wildman–Crippen MR) is 122 cm³/mol. The summed E-state index contributed by atoms with van der Waals surface area (Å²) < 4.78 is 16.8.